The summed E-state index contributed by atoms with van der Waals surface area (Å²) in [6.45, 7) is 2.31. The van der Waals surface area contributed by atoms with E-state index in [2.05, 4.69) is 0 Å². The van der Waals surface area contributed by atoms with Crippen LogP contribution in [-0.4, -0.2) is 65.0 Å². The molecule has 1 heterocycles. The van der Waals surface area contributed by atoms with E-state index in [1.165, 1.54) is 43.6 Å². The Morgan fingerprint density at radius 1 is 0.969 bits per heavy atom. The van der Waals surface area contributed by atoms with Gasteiger partial charge in [0.2, 0.25) is 10.0 Å². The molecule has 9 nitrogen and oxygen atoms in total. The highest BCUT2D eigenvalue weighted by Gasteiger charge is 2.30. The van der Waals surface area contributed by atoms with Crippen molar-refractivity contribution in [1.82, 2.24) is 4.31 Å². The maximum atomic E-state index is 13.1. The first-order valence-corrected chi connectivity index (χ1v) is 11.3. The maximum absolute atomic E-state index is 13.1. The number of benzene rings is 2. The van der Waals surface area contributed by atoms with Crippen molar-refractivity contribution in [3.8, 4) is 11.5 Å². The average Bonchev–Trinajstić information content (AvgIpc) is 2.82. The molecule has 0 atom stereocenters. The first kappa shape index (κ1) is 23.7. The van der Waals surface area contributed by atoms with Gasteiger partial charge in [-0.1, -0.05) is 0 Å². The van der Waals surface area contributed by atoms with Crippen LogP contribution in [0.5, 0.6) is 11.5 Å². The van der Waals surface area contributed by atoms with E-state index < -0.39 is 16.0 Å². The molecule has 10 heteroatoms. The molecule has 2 aromatic carbocycles. The van der Waals surface area contributed by atoms with Crippen LogP contribution in [0.15, 0.2) is 41.3 Å². The molecule has 0 N–H and O–H groups in total. The van der Waals surface area contributed by atoms with E-state index in [1.807, 2.05) is 0 Å². The van der Waals surface area contributed by atoms with Crippen LogP contribution >= 0.6 is 0 Å². The van der Waals surface area contributed by atoms with E-state index in [0.717, 1.165) is 0 Å². The van der Waals surface area contributed by atoms with Gasteiger partial charge in [-0.25, -0.2) is 13.2 Å². The molecule has 1 saturated heterocycles. The zero-order valence-electron chi connectivity index (χ0n) is 18.1. The van der Waals surface area contributed by atoms with Crippen molar-refractivity contribution in [2.24, 2.45) is 0 Å². The molecule has 1 fully saturated rings. The van der Waals surface area contributed by atoms with Crippen LogP contribution in [0.2, 0.25) is 0 Å². The van der Waals surface area contributed by atoms with Crippen LogP contribution in [0.4, 0.5) is 0 Å². The lowest BCUT2D eigenvalue weighted by atomic mass is 10.1. The SMILES string of the molecule is COc1ccc(C(C)=O)cc1COC(=O)c1ccc(OC)c(S(=O)(=O)N2CCOCC2)c1. The summed E-state index contributed by atoms with van der Waals surface area (Å²) in [6, 6.07) is 8.94. The molecular formula is C22H25NO8S. The van der Waals surface area contributed by atoms with Gasteiger partial charge in [-0.15, -0.1) is 0 Å². The summed E-state index contributed by atoms with van der Waals surface area (Å²) in [5.41, 5.74) is 1.03. The highest BCUT2D eigenvalue weighted by molar-refractivity contribution is 7.89. The standard InChI is InChI=1S/C22H25NO8S/c1-15(24)16-4-6-19(28-2)18(12-16)14-31-22(25)17-5-7-20(29-3)21(13-17)32(26,27)23-8-10-30-11-9-23/h4-7,12-13H,8-11,14H2,1-3H3. The molecule has 0 spiro atoms. The lowest BCUT2D eigenvalue weighted by Crippen LogP contribution is -2.40. The zero-order chi connectivity index (χ0) is 23.3. The van der Waals surface area contributed by atoms with E-state index in [9.17, 15) is 18.0 Å². The maximum Gasteiger partial charge on any atom is 0.338 e. The Kier molecular flexibility index (Phi) is 7.49. The van der Waals surface area contributed by atoms with Crippen LogP contribution in [0.3, 0.4) is 0 Å². The number of ether oxygens (including phenoxy) is 4. The lowest BCUT2D eigenvalue weighted by molar-refractivity contribution is 0.0469. The van der Waals surface area contributed by atoms with Crippen LogP contribution in [0, 0.1) is 0 Å². The normalized spacial score (nSPS) is 14.6. The summed E-state index contributed by atoms with van der Waals surface area (Å²) in [6.07, 6.45) is 0. The predicted molar refractivity (Wildman–Crippen MR) is 115 cm³/mol. The molecule has 172 valence electrons. The fraction of sp³-hybridized carbons (Fsp3) is 0.364. The number of methoxy groups -OCH3 is 2. The van der Waals surface area contributed by atoms with Crippen LogP contribution in [0.1, 0.15) is 33.2 Å². The first-order valence-electron chi connectivity index (χ1n) is 9.89. The molecule has 0 unspecified atom stereocenters. The summed E-state index contributed by atoms with van der Waals surface area (Å²) in [5, 5.41) is 0. The minimum atomic E-state index is -3.89. The van der Waals surface area contributed by atoms with Gasteiger partial charge in [0, 0.05) is 24.2 Å². The molecule has 2 aromatic rings. The van der Waals surface area contributed by atoms with Crippen molar-refractivity contribution in [1.29, 1.82) is 0 Å². The summed E-state index contributed by atoms with van der Waals surface area (Å²) < 4.78 is 48.6. The van der Waals surface area contributed by atoms with Gasteiger partial charge >= 0.3 is 5.97 Å². The number of sulfonamides is 1. The van der Waals surface area contributed by atoms with Gasteiger partial charge in [-0.3, -0.25) is 4.79 Å². The molecule has 1 aliphatic heterocycles. The van der Waals surface area contributed by atoms with Gasteiger partial charge in [-0.2, -0.15) is 4.31 Å². The zero-order valence-corrected chi connectivity index (χ0v) is 18.9. The van der Waals surface area contributed by atoms with Crippen molar-refractivity contribution in [3.63, 3.8) is 0 Å². The van der Waals surface area contributed by atoms with Crippen molar-refractivity contribution in [2.75, 3.05) is 40.5 Å². The number of carbonyl (C=O) groups is 2. The molecule has 0 amide bonds. The highest BCUT2D eigenvalue weighted by atomic mass is 32.2. The van der Waals surface area contributed by atoms with Crippen LogP contribution in [-0.2, 0) is 26.1 Å². The van der Waals surface area contributed by atoms with E-state index in [-0.39, 0.29) is 41.7 Å². The van der Waals surface area contributed by atoms with Gasteiger partial charge in [-0.05, 0) is 43.3 Å². The van der Waals surface area contributed by atoms with Crippen molar-refractivity contribution in [2.45, 2.75) is 18.4 Å². The Morgan fingerprint density at radius 2 is 1.59 bits per heavy atom. The second-order valence-corrected chi connectivity index (χ2v) is 8.95. The van der Waals surface area contributed by atoms with E-state index in [4.69, 9.17) is 18.9 Å². The Bertz CT molecular complexity index is 1110. The number of morpholine rings is 1. The molecule has 1 aliphatic rings. The number of hydrogen-bond acceptors (Lipinski definition) is 8. The third-order valence-corrected chi connectivity index (χ3v) is 6.95. The molecule has 32 heavy (non-hydrogen) atoms. The number of Topliss-reactive ketones (excluding diaryl/α,β-unsaturated/α-hetero) is 1. The first-order chi connectivity index (χ1) is 15.3. The monoisotopic (exact) mass is 463 g/mol. The van der Waals surface area contributed by atoms with Crippen LogP contribution < -0.4 is 9.47 Å². The summed E-state index contributed by atoms with van der Waals surface area (Å²) in [7, 11) is -1.06. The fourth-order valence-electron chi connectivity index (χ4n) is 3.27. The molecular weight excluding hydrogens is 438 g/mol. The molecule has 0 saturated carbocycles. The second-order valence-electron chi connectivity index (χ2n) is 7.04. The van der Waals surface area contributed by atoms with Crippen molar-refractivity contribution in [3.05, 3.63) is 53.1 Å². The second kappa shape index (κ2) is 10.1. The number of nitrogens with zero attached hydrogens (tertiary/aromatic N) is 1. The number of hydrogen-bond donors (Lipinski definition) is 0. The quantitative estimate of drug-likeness (QED) is 0.433. The van der Waals surface area contributed by atoms with Gasteiger partial charge < -0.3 is 18.9 Å². The number of rotatable bonds is 8. The third-order valence-electron chi connectivity index (χ3n) is 5.03. The Balaban J connectivity index is 1.84. The molecule has 3 rings (SSSR count). The van der Waals surface area contributed by atoms with Crippen molar-refractivity contribution < 1.29 is 37.0 Å². The smallest absolute Gasteiger partial charge is 0.338 e. The molecule has 0 bridgehead atoms. The molecule has 0 aromatic heterocycles. The minimum Gasteiger partial charge on any atom is -0.496 e. The van der Waals surface area contributed by atoms with E-state index >= 15 is 0 Å². The largest absolute Gasteiger partial charge is 0.496 e. The summed E-state index contributed by atoms with van der Waals surface area (Å²) in [4.78, 5) is 24.2. The highest BCUT2D eigenvalue weighted by Crippen LogP contribution is 2.29. The number of ketones is 1. The number of esters is 1. The predicted octanol–water partition coefficient (Wildman–Crippen LogP) is 2.28. The van der Waals surface area contributed by atoms with Crippen LogP contribution in [0.25, 0.3) is 0 Å². The van der Waals surface area contributed by atoms with Gasteiger partial charge in [0.25, 0.3) is 0 Å². The van der Waals surface area contributed by atoms with Gasteiger partial charge in [0.15, 0.2) is 5.78 Å². The Hall–Kier alpha value is -2.95. The summed E-state index contributed by atoms with van der Waals surface area (Å²) in [5.74, 6) is -0.258. The van der Waals surface area contributed by atoms with Gasteiger partial charge in [0.05, 0.1) is 33.0 Å². The number of carbonyl (C=O) groups excluding carboxylic acids is 2. The van der Waals surface area contributed by atoms with E-state index in [0.29, 0.717) is 30.1 Å². The fourth-order valence-corrected chi connectivity index (χ4v) is 4.86. The minimum absolute atomic E-state index is 0.0549. The lowest BCUT2D eigenvalue weighted by Gasteiger charge is -2.26. The average molecular weight is 464 g/mol. The summed E-state index contributed by atoms with van der Waals surface area (Å²) >= 11 is 0. The Morgan fingerprint density at radius 3 is 2.22 bits per heavy atom. The van der Waals surface area contributed by atoms with Crippen molar-refractivity contribution >= 4 is 21.8 Å². The topological polar surface area (TPSA) is 108 Å². The third kappa shape index (κ3) is 5.09. The van der Waals surface area contributed by atoms with E-state index in [1.54, 1.807) is 18.2 Å². The molecule has 0 aliphatic carbocycles. The van der Waals surface area contributed by atoms with Gasteiger partial charge in [0.1, 0.15) is 23.0 Å². The Labute approximate surface area is 186 Å². The molecule has 0 radical (unpaired) electrons.